The second kappa shape index (κ2) is 11.1. The molecule has 7 atom stereocenters. The maximum atomic E-state index is 11.5. The minimum atomic E-state index is -0.373. The summed E-state index contributed by atoms with van der Waals surface area (Å²) in [5.41, 5.74) is 3.31. The molecule has 38 heavy (non-hydrogen) atoms. The Hall–Kier alpha value is -1.07. The Bertz CT molecular complexity index is 1020. The molecule has 1 N–H and O–H groups in total. The molecule has 5 heteroatoms. The first kappa shape index (κ1) is 27.1. The molecule has 4 nitrogen and oxygen atoms in total. The number of ether oxygens (including phenoxy) is 2. The number of likely N-dealkylation sites (tertiary alicyclic amines) is 1. The number of rotatable bonds is 8. The molecular formula is C33H48ClNO3. The van der Waals surface area contributed by atoms with Crippen molar-refractivity contribution in [3.63, 3.8) is 0 Å². The molecule has 1 saturated heterocycles. The molecule has 0 bridgehead atoms. The zero-order valence-electron chi connectivity index (χ0n) is 23.6. The zero-order chi connectivity index (χ0) is 26.3. The molecule has 1 aromatic rings. The van der Waals surface area contributed by atoms with Crippen LogP contribution in [0, 0.1) is 28.6 Å². The van der Waals surface area contributed by atoms with E-state index in [2.05, 4.69) is 37.0 Å². The highest BCUT2D eigenvalue weighted by molar-refractivity contribution is 6.32. The van der Waals surface area contributed by atoms with Crippen LogP contribution in [0.1, 0.15) is 89.5 Å². The Morgan fingerprint density at radius 2 is 1.84 bits per heavy atom. The van der Waals surface area contributed by atoms with Gasteiger partial charge in [-0.15, -0.1) is 0 Å². The number of aliphatic hydroxyl groups is 1. The van der Waals surface area contributed by atoms with Crippen LogP contribution in [0.3, 0.4) is 0 Å². The third kappa shape index (κ3) is 4.86. The second-order valence-corrected chi connectivity index (χ2v) is 13.9. The van der Waals surface area contributed by atoms with Crippen LogP contribution in [0.2, 0.25) is 5.02 Å². The molecule has 2 unspecified atom stereocenters. The van der Waals surface area contributed by atoms with E-state index in [9.17, 15) is 5.11 Å². The van der Waals surface area contributed by atoms with E-state index in [4.69, 9.17) is 21.1 Å². The summed E-state index contributed by atoms with van der Waals surface area (Å²) in [6.45, 7) is 10.3. The molecule has 1 aliphatic heterocycles. The molecule has 5 aliphatic rings. The number of fused-ring (bicyclic) bond motifs is 5. The van der Waals surface area contributed by atoms with Crippen LogP contribution in [0.4, 0.5) is 0 Å². The van der Waals surface area contributed by atoms with Crippen molar-refractivity contribution in [3.05, 3.63) is 40.4 Å². The van der Waals surface area contributed by atoms with Crippen molar-refractivity contribution in [2.45, 2.75) is 90.1 Å². The summed E-state index contributed by atoms with van der Waals surface area (Å²) < 4.78 is 12.0. The normalized spacial score (nSPS) is 38.8. The molecule has 6 rings (SSSR count). The van der Waals surface area contributed by atoms with Gasteiger partial charge in [0, 0.05) is 17.9 Å². The summed E-state index contributed by atoms with van der Waals surface area (Å²) in [4.78, 5) is 2.47. The zero-order valence-corrected chi connectivity index (χ0v) is 24.4. The Morgan fingerprint density at radius 1 is 1.00 bits per heavy atom. The lowest BCUT2D eigenvalue weighted by molar-refractivity contribution is -0.0640. The lowest BCUT2D eigenvalue weighted by Crippen LogP contribution is -2.53. The number of hydrogen-bond donors (Lipinski definition) is 1. The van der Waals surface area contributed by atoms with Gasteiger partial charge in [-0.2, -0.15) is 0 Å². The van der Waals surface area contributed by atoms with Gasteiger partial charge in [-0.05, 0) is 112 Å². The van der Waals surface area contributed by atoms with Crippen LogP contribution < -0.4 is 4.74 Å². The molecule has 4 aliphatic carbocycles. The maximum Gasteiger partial charge on any atom is 0.138 e. The van der Waals surface area contributed by atoms with Gasteiger partial charge in [0.05, 0.1) is 24.3 Å². The van der Waals surface area contributed by atoms with Crippen LogP contribution in [0.25, 0.3) is 0 Å². The molecule has 1 aromatic carbocycles. The van der Waals surface area contributed by atoms with E-state index in [-0.39, 0.29) is 17.4 Å². The number of aliphatic hydroxyl groups excluding tert-OH is 1. The van der Waals surface area contributed by atoms with Crippen molar-refractivity contribution in [2.75, 3.05) is 39.5 Å². The van der Waals surface area contributed by atoms with Gasteiger partial charge in [0.15, 0.2) is 0 Å². The summed E-state index contributed by atoms with van der Waals surface area (Å²) >= 11 is 6.61. The van der Waals surface area contributed by atoms with Gasteiger partial charge in [-0.25, -0.2) is 0 Å². The molecule has 4 fully saturated rings. The summed E-state index contributed by atoms with van der Waals surface area (Å²) in [5, 5.41) is 12.2. The minimum Gasteiger partial charge on any atom is -0.490 e. The summed E-state index contributed by atoms with van der Waals surface area (Å²) in [6, 6.07) is 6.25. The Kier molecular flexibility index (Phi) is 7.90. The molecule has 0 aromatic heterocycles. The molecular weight excluding hydrogens is 494 g/mol. The Labute approximate surface area is 235 Å². The van der Waals surface area contributed by atoms with E-state index >= 15 is 0 Å². The molecule has 0 radical (unpaired) electrons. The average Bonchev–Trinajstić information content (AvgIpc) is 3.56. The van der Waals surface area contributed by atoms with Crippen molar-refractivity contribution in [2.24, 2.45) is 28.6 Å². The van der Waals surface area contributed by atoms with E-state index in [0.29, 0.717) is 29.6 Å². The highest BCUT2D eigenvalue weighted by atomic mass is 35.5. The highest BCUT2D eigenvalue weighted by Crippen LogP contribution is 2.68. The number of nitrogens with zero attached hydrogens (tertiary/aromatic N) is 1. The lowest BCUT2D eigenvalue weighted by Gasteiger charge is -2.60. The quantitative estimate of drug-likeness (QED) is 0.278. The van der Waals surface area contributed by atoms with Gasteiger partial charge >= 0.3 is 0 Å². The first-order valence-electron chi connectivity index (χ1n) is 15.5. The Balaban J connectivity index is 1.17. The summed E-state index contributed by atoms with van der Waals surface area (Å²) in [6.07, 6.45) is 14.8. The summed E-state index contributed by atoms with van der Waals surface area (Å²) in [7, 11) is 0. The van der Waals surface area contributed by atoms with Gasteiger partial charge in [-0.1, -0.05) is 49.6 Å². The largest absolute Gasteiger partial charge is 0.490 e. The highest BCUT2D eigenvalue weighted by Gasteiger charge is 2.59. The van der Waals surface area contributed by atoms with Crippen LogP contribution in [0.5, 0.6) is 5.75 Å². The van der Waals surface area contributed by atoms with Crippen molar-refractivity contribution in [1.29, 1.82) is 0 Å². The molecule has 3 saturated carbocycles. The first-order valence-corrected chi connectivity index (χ1v) is 15.9. The van der Waals surface area contributed by atoms with Crippen molar-refractivity contribution in [3.8, 4) is 5.75 Å². The van der Waals surface area contributed by atoms with Crippen molar-refractivity contribution < 1.29 is 14.6 Å². The number of allylic oxidation sites excluding steroid dienone is 1. The van der Waals surface area contributed by atoms with Gasteiger partial charge < -0.3 is 19.5 Å². The standard InChI is InChI=1S/C33H48ClNO3/c1-32-14-5-6-26(32)25-10-8-24-9-12-29(36)31(33(24,2)27(25)13-15-32)23-7-11-28(34)30(22-23)38-21-20-37-19-18-35-16-3-4-17-35/h7,9,11,22,25-27,29,31,36H,3-6,8,10,12-21H2,1-2H3/t25-,26-,27+,29?,31?,32-,33-/m0/s1. The third-order valence-corrected chi connectivity index (χ3v) is 11.9. The Morgan fingerprint density at radius 3 is 2.68 bits per heavy atom. The van der Waals surface area contributed by atoms with Crippen LogP contribution in [-0.2, 0) is 4.74 Å². The SMILES string of the molecule is C[C@@]12CCC[C@H]1[C@@H]1CCC3=CCC(O)C(c4ccc(Cl)c(OCCOCCN5CCCC5)c4)[C@]3(C)[C@@H]1CC2. The van der Waals surface area contributed by atoms with E-state index in [1.54, 1.807) is 5.57 Å². The van der Waals surface area contributed by atoms with Crippen LogP contribution in [0.15, 0.2) is 29.8 Å². The average molecular weight is 542 g/mol. The fraction of sp³-hybridized carbons (Fsp3) is 0.758. The number of hydrogen-bond acceptors (Lipinski definition) is 4. The van der Waals surface area contributed by atoms with Crippen LogP contribution >= 0.6 is 11.6 Å². The smallest absolute Gasteiger partial charge is 0.138 e. The molecule has 0 amide bonds. The second-order valence-electron chi connectivity index (χ2n) is 13.5. The van der Waals surface area contributed by atoms with Crippen LogP contribution in [-0.4, -0.2) is 55.6 Å². The maximum absolute atomic E-state index is 11.5. The van der Waals surface area contributed by atoms with E-state index < -0.39 is 0 Å². The third-order valence-electron chi connectivity index (χ3n) is 11.6. The summed E-state index contributed by atoms with van der Waals surface area (Å²) in [5.74, 6) is 3.08. The fourth-order valence-electron chi connectivity index (χ4n) is 9.71. The number of benzene rings is 1. The monoisotopic (exact) mass is 541 g/mol. The van der Waals surface area contributed by atoms with Crippen molar-refractivity contribution >= 4 is 11.6 Å². The topological polar surface area (TPSA) is 41.9 Å². The van der Waals surface area contributed by atoms with Gasteiger partial charge in [0.2, 0.25) is 0 Å². The van der Waals surface area contributed by atoms with E-state index in [1.807, 2.05) is 6.07 Å². The van der Waals surface area contributed by atoms with Gasteiger partial charge in [-0.3, -0.25) is 0 Å². The molecule has 0 spiro atoms. The predicted molar refractivity (Wildman–Crippen MR) is 154 cm³/mol. The van der Waals surface area contributed by atoms with E-state index in [1.165, 1.54) is 76.4 Å². The number of halogens is 1. The molecule has 210 valence electrons. The molecule has 1 heterocycles. The predicted octanol–water partition coefficient (Wildman–Crippen LogP) is 7.24. The lowest BCUT2D eigenvalue weighted by atomic mass is 9.44. The minimum absolute atomic E-state index is 0.00567. The van der Waals surface area contributed by atoms with Gasteiger partial charge in [0.1, 0.15) is 12.4 Å². The van der Waals surface area contributed by atoms with E-state index in [0.717, 1.165) is 37.2 Å². The fourth-order valence-corrected chi connectivity index (χ4v) is 9.89. The van der Waals surface area contributed by atoms with Crippen molar-refractivity contribution in [1.82, 2.24) is 4.90 Å². The van der Waals surface area contributed by atoms with Gasteiger partial charge in [0.25, 0.3) is 0 Å². The first-order chi connectivity index (χ1) is 18.4.